The molecule has 0 spiro atoms. The maximum atomic E-state index is 13.6. The molecule has 1 aliphatic heterocycles. The number of methoxy groups -OCH3 is 1. The van der Waals surface area contributed by atoms with Gasteiger partial charge in [-0.1, -0.05) is 41.4 Å². The number of nitrogens with zero attached hydrogens (tertiary/aromatic N) is 2. The van der Waals surface area contributed by atoms with Crippen LogP contribution in [-0.2, 0) is 27.2 Å². The van der Waals surface area contributed by atoms with Crippen molar-refractivity contribution in [3.8, 4) is 17.2 Å². The fourth-order valence-corrected chi connectivity index (χ4v) is 7.09. The number of carbonyl (C=O) groups is 2. The van der Waals surface area contributed by atoms with Gasteiger partial charge in [0.25, 0.3) is 0 Å². The average molecular weight is 743 g/mol. The van der Waals surface area contributed by atoms with Crippen LogP contribution in [0.25, 0.3) is 0 Å². The zero-order chi connectivity index (χ0) is 35.6. The number of nitrogens with one attached hydrogen (secondary N) is 1. The van der Waals surface area contributed by atoms with Crippen molar-refractivity contribution in [2.45, 2.75) is 44.9 Å². The number of hydrogen-bond acceptors (Lipinski definition) is 11. The molecule has 1 saturated heterocycles. The number of pyridine rings is 1. The lowest BCUT2D eigenvalue weighted by Crippen LogP contribution is -2.34. The van der Waals surface area contributed by atoms with Gasteiger partial charge in [0.1, 0.15) is 22.8 Å². The van der Waals surface area contributed by atoms with Crippen molar-refractivity contribution in [3.63, 3.8) is 0 Å². The Labute approximate surface area is 306 Å². The van der Waals surface area contributed by atoms with Crippen LogP contribution in [0.4, 0.5) is 0 Å². The molecular weight excluding hydrogens is 701 g/mol. The number of hydrogen-bond donors (Lipinski definition) is 2. The third kappa shape index (κ3) is 9.88. The molecule has 5 rings (SSSR count). The lowest BCUT2D eigenvalue weighted by molar-refractivity contribution is -0.148. The molecule has 0 aliphatic carbocycles. The summed E-state index contributed by atoms with van der Waals surface area (Å²) in [6.07, 6.45) is 4.34. The van der Waals surface area contributed by atoms with E-state index in [0.29, 0.717) is 62.2 Å². The standard InChI is InChI=1S/C37H41Cl2N3O7S/c1-4-47-33-17-24(8-10-31(33)46-3)32(18-28-29(38)20-40-21-30(28)39)49-36(44)34-11-9-27(50-34)19-41-35(25-6-5-7-26(43)16-25)37(45)48-22-23-12-14-42(2)15-13-23/h5-11,16-17,20-21,23,32,35,41,43H,4,12-15,18-19,22H2,1-3H3. The van der Waals surface area contributed by atoms with Crippen LogP contribution in [0.5, 0.6) is 17.2 Å². The van der Waals surface area contributed by atoms with Crippen molar-refractivity contribution < 1.29 is 33.6 Å². The van der Waals surface area contributed by atoms with Crippen LogP contribution in [0, 0.1) is 5.92 Å². The molecule has 2 aromatic carbocycles. The molecule has 3 heterocycles. The first-order chi connectivity index (χ1) is 24.1. The van der Waals surface area contributed by atoms with E-state index in [2.05, 4.69) is 22.2 Å². The monoisotopic (exact) mass is 741 g/mol. The van der Waals surface area contributed by atoms with Crippen molar-refractivity contribution >= 4 is 46.5 Å². The van der Waals surface area contributed by atoms with Gasteiger partial charge < -0.3 is 29.0 Å². The predicted molar refractivity (Wildman–Crippen MR) is 193 cm³/mol. The number of thiophene rings is 1. The lowest BCUT2D eigenvalue weighted by Gasteiger charge is -2.29. The Balaban J connectivity index is 1.30. The third-order valence-corrected chi connectivity index (χ3v) is 10.2. The minimum absolute atomic E-state index is 0.0488. The lowest BCUT2D eigenvalue weighted by atomic mass is 9.98. The van der Waals surface area contributed by atoms with Crippen molar-refractivity contribution in [2.24, 2.45) is 5.92 Å². The summed E-state index contributed by atoms with van der Waals surface area (Å²) in [5.41, 5.74) is 1.83. The van der Waals surface area contributed by atoms with Gasteiger partial charge in [-0.3, -0.25) is 10.3 Å². The van der Waals surface area contributed by atoms with Crippen LogP contribution in [0.1, 0.15) is 63.2 Å². The van der Waals surface area contributed by atoms with Gasteiger partial charge in [0.15, 0.2) is 11.5 Å². The number of piperidine rings is 1. The average Bonchev–Trinajstić information content (AvgIpc) is 3.59. The van der Waals surface area contributed by atoms with E-state index in [-0.39, 0.29) is 18.7 Å². The molecule has 2 N–H and O–H groups in total. The summed E-state index contributed by atoms with van der Waals surface area (Å²) >= 11 is 14.2. The van der Waals surface area contributed by atoms with Crippen LogP contribution in [0.15, 0.2) is 67.0 Å². The van der Waals surface area contributed by atoms with Crippen molar-refractivity contribution in [3.05, 3.63) is 103 Å². The number of aromatic nitrogens is 1. The van der Waals surface area contributed by atoms with Crippen molar-refractivity contribution in [1.29, 1.82) is 0 Å². The number of benzene rings is 2. The van der Waals surface area contributed by atoms with E-state index in [9.17, 15) is 14.7 Å². The van der Waals surface area contributed by atoms with Gasteiger partial charge in [-0.2, -0.15) is 0 Å². The van der Waals surface area contributed by atoms with Gasteiger partial charge in [0.2, 0.25) is 0 Å². The second-order valence-electron chi connectivity index (χ2n) is 12.1. The van der Waals surface area contributed by atoms with Crippen LogP contribution < -0.4 is 14.8 Å². The summed E-state index contributed by atoms with van der Waals surface area (Å²) in [4.78, 5) is 34.5. The minimum Gasteiger partial charge on any atom is -0.508 e. The van der Waals surface area contributed by atoms with E-state index in [1.54, 1.807) is 55.6 Å². The van der Waals surface area contributed by atoms with Gasteiger partial charge >= 0.3 is 11.9 Å². The number of carbonyl (C=O) groups excluding carboxylic acids is 2. The zero-order valence-electron chi connectivity index (χ0n) is 28.2. The Morgan fingerprint density at radius 1 is 1.04 bits per heavy atom. The molecule has 10 nitrogen and oxygen atoms in total. The maximum absolute atomic E-state index is 13.6. The molecular formula is C37H41Cl2N3O7S. The number of rotatable bonds is 15. The molecule has 1 fully saturated rings. The normalized spacial score (nSPS) is 14.9. The SMILES string of the molecule is CCOc1cc(C(Cc2c(Cl)cncc2Cl)OC(=O)c2ccc(CNC(C(=O)OCC3CCN(C)CC3)c3cccc(O)c3)s2)ccc1OC. The smallest absolute Gasteiger partial charge is 0.348 e. The minimum atomic E-state index is -0.820. The highest BCUT2D eigenvalue weighted by Crippen LogP contribution is 2.36. The Hall–Kier alpha value is -3.87. The molecule has 0 radical (unpaired) electrons. The highest BCUT2D eigenvalue weighted by molar-refractivity contribution is 7.13. The summed E-state index contributed by atoms with van der Waals surface area (Å²) in [5.74, 6) is 0.454. The van der Waals surface area contributed by atoms with E-state index in [4.69, 9.17) is 42.1 Å². The van der Waals surface area contributed by atoms with Crippen LogP contribution in [0.2, 0.25) is 10.0 Å². The predicted octanol–water partition coefficient (Wildman–Crippen LogP) is 7.42. The zero-order valence-corrected chi connectivity index (χ0v) is 30.5. The largest absolute Gasteiger partial charge is 0.508 e. The number of esters is 2. The van der Waals surface area contributed by atoms with Gasteiger partial charge in [-0.15, -0.1) is 11.3 Å². The molecule has 2 atom stereocenters. The fraction of sp³-hybridized carbons (Fsp3) is 0.378. The fourth-order valence-electron chi connectivity index (χ4n) is 5.73. The Morgan fingerprint density at radius 2 is 1.80 bits per heavy atom. The number of likely N-dealkylation sites (tertiary alicyclic amines) is 1. The van der Waals surface area contributed by atoms with E-state index in [1.807, 2.05) is 13.0 Å². The Morgan fingerprint density at radius 3 is 2.50 bits per heavy atom. The molecule has 0 bridgehead atoms. The van der Waals surface area contributed by atoms with Crippen molar-refractivity contribution in [2.75, 3.05) is 40.5 Å². The van der Waals surface area contributed by atoms with Gasteiger partial charge in [0, 0.05) is 30.2 Å². The third-order valence-electron chi connectivity index (χ3n) is 8.53. The number of phenolic OH excluding ortho intramolecular Hbond substituents is 1. The maximum Gasteiger partial charge on any atom is 0.348 e. The molecule has 2 aromatic heterocycles. The Kier molecular flexibility index (Phi) is 13.4. The Bertz CT molecular complexity index is 1740. The first kappa shape index (κ1) is 37.4. The summed E-state index contributed by atoms with van der Waals surface area (Å²) in [5, 5.41) is 14.1. The first-order valence-corrected chi connectivity index (χ1v) is 18.0. The summed E-state index contributed by atoms with van der Waals surface area (Å²) in [6, 6.07) is 14.6. The van der Waals surface area contributed by atoms with Crippen molar-refractivity contribution in [1.82, 2.24) is 15.2 Å². The molecule has 0 saturated carbocycles. The molecule has 266 valence electrons. The van der Waals surface area contributed by atoms with E-state index >= 15 is 0 Å². The second kappa shape index (κ2) is 17.9. The van der Waals surface area contributed by atoms with Gasteiger partial charge in [-0.05, 0) is 98.9 Å². The van der Waals surface area contributed by atoms with E-state index in [1.165, 1.54) is 23.7 Å². The topological polar surface area (TPSA) is 119 Å². The molecule has 0 amide bonds. The molecule has 1 aliphatic rings. The van der Waals surface area contributed by atoms with Gasteiger partial charge in [0.05, 0.1) is 30.4 Å². The van der Waals surface area contributed by atoms with Gasteiger partial charge in [-0.25, -0.2) is 9.59 Å². The molecule has 4 aromatic rings. The van der Waals surface area contributed by atoms with E-state index in [0.717, 1.165) is 30.8 Å². The highest BCUT2D eigenvalue weighted by atomic mass is 35.5. The summed E-state index contributed by atoms with van der Waals surface area (Å²) < 4.78 is 23.1. The number of halogens is 2. The first-order valence-electron chi connectivity index (χ1n) is 16.4. The molecule has 13 heteroatoms. The molecule has 2 unspecified atom stereocenters. The van der Waals surface area contributed by atoms with Crippen LogP contribution in [-0.4, -0.2) is 67.4 Å². The number of phenols is 1. The second-order valence-corrected chi connectivity index (χ2v) is 14.1. The summed E-state index contributed by atoms with van der Waals surface area (Å²) in [7, 11) is 3.65. The highest BCUT2D eigenvalue weighted by Gasteiger charge is 2.27. The number of aromatic hydroxyl groups is 1. The van der Waals surface area contributed by atoms with E-state index < -0.39 is 24.1 Å². The molecule has 50 heavy (non-hydrogen) atoms. The number of ether oxygens (including phenoxy) is 4. The van der Waals surface area contributed by atoms with Crippen LogP contribution >= 0.6 is 34.5 Å². The van der Waals surface area contributed by atoms with Crippen LogP contribution in [0.3, 0.4) is 0 Å². The summed E-state index contributed by atoms with van der Waals surface area (Å²) in [6.45, 7) is 4.84. The quantitative estimate of drug-likeness (QED) is 0.119.